The highest BCUT2D eigenvalue weighted by Gasteiger charge is 2.23. The molecule has 5 heteroatoms. The maximum absolute atomic E-state index is 11.4. The zero-order valence-corrected chi connectivity index (χ0v) is 10.8. The summed E-state index contributed by atoms with van der Waals surface area (Å²) in [6.45, 7) is 4.44. The molecule has 0 aliphatic carbocycles. The van der Waals surface area contributed by atoms with Crippen molar-refractivity contribution in [3.8, 4) is 0 Å². The van der Waals surface area contributed by atoms with Gasteiger partial charge in [-0.2, -0.15) is 0 Å². The van der Waals surface area contributed by atoms with Crippen LogP contribution < -0.4 is 5.73 Å². The first kappa shape index (κ1) is 15.7. The molecular weight excluding hydrogens is 228 g/mol. The van der Waals surface area contributed by atoms with Gasteiger partial charge in [0.2, 0.25) is 0 Å². The van der Waals surface area contributed by atoms with Gasteiger partial charge < -0.3 is 10.5 Å². The molecule has 1 saturated heterocycles. The van der Waals surface area contributed by atoms with E-state index in [1.54, 1.807) is 0 Å². The van der Waals surface area contributed by atoms with Crippen molar-refractivity contribution in [2.45, 2.75) is 38.6 Å². The van der Waals surface area contributed by atoms with Gasteiger partial charge in [0.1, 0.15) is 0 Å². The Balaban J connectivity index is 0.00000225. The standard InChI is InChI=1S/C11H22N2O2.ClH/c1-2-15-11(14)9-13-8-4-3-5-10(13)6-7-12;/h10H,2-9,12H2,1H3;1H. The summed E-state index contributed by atoms with van der Waals surface area (Å²) in [4.78, 5) is 13.6. The van der Waals surface area contributed by atoms with Crippen molar-refractivity contribution in [2.75, 3.05) is 26.2 Å². The van der Waals surface area contributed by atoms with Crippen molar-refractivity contribution < 1.29 is 9.53 Å². The Morgan fingerprint density at radius 1 is 1.50 bits per heavy atom. The first-order valence-electron chi connectivity index (χ1n) is 5.87. The topological polar surface area (TPSA) is 55.6 Å². The number of carbonyl (C=O) groups excluding carboxylic acids is 1. The minimum Gasteiger partial charge on any atom is -0.465 e. The molecule has 1 rings (SSSR count). The van der Waals surface area contributed by atoms with Crippen molar-refractivity contribution in [1.29, 1.82) is 0 Å². The van der Waals surface area contributed by atoms with Crippen LogP contribution in [0.2, 0.25) is 0 Å². The van der Waals surface area contributed by atoms with Crippen LogP contribution in [0, 0.1) is 0 Å². The summed E-state index contributed by atoms with van der Waals surface area (Å²) < 4.78 is 4.96. The Kier molecular flexibility index (Phi) is 8.61. The molecule has 96 valence electrons. The third-order valence-corrected chi connectivity index (χ3v) is 2.89. The van der Waals surface area contributed by atoms with Gasteiger partial charge in [0.05, 0.1) is 13.2 Å². The Hall–Kier alpha value is -0.320. The smallest absolute Gasteiger partial charge is 0.320 e. The zero-order chi connectivity index (χ0) is 11.1. The Morgan fingerprint density at radius 3 is 2.88 bits per heavy atom. The lowest BCUT2D eigenvalue weighted by atomic mass is 9.99. The molecule has 0 radical (unpaired) electrons. The zero-order valence-electron chi connectivity index (χ0n) is 9.98. The number of hydrogen-bond donors (Lipinski definition) is 1. The highest BCUT2D eigenvalue weighted by molar-refractivity contribution is 5.85. The number of ether oxygens (including phenoxy) is 1. The molecule has 0 amide bonds. The van der Waals surface area contributed by atoms with E-state index in [1.165, 1.54) is 12.8 Å². The third kappa shape index (κ3) is 5.14. The molecule has 1 heterocycles. The molecule has 1 unspecified atom stereocenters. The summed E-state index contributed by atoms with van der Waals surface area (Å²) in [5, 5.41) is 0. The monoisotopic (exact) mass is 250 g/mol. The molecule has 1 atom stereocenters. The molecule has 0 bridgehead atoms. The minimum atomic E-state index is -0.110. The molecule has 16 heavy (non-hydrogen) atoms. The summed E-state index contributed by atoms with van der Waals surface area (Å²) in [7, 11) is 0. The molecule has 1 aliphatic rings. The Bertz CT molecular complexity index is 200. The van der Waals surface area contributed by atoms with Crippen LogP contribution in [-0.4, -0.2) is 43.2 Å². The molecule has 0 aromatic rings. The highest BCUT2D eigenvalue weighted by Crippen LogP contribution is 2.18. The molecule has 0 saturated carbocycles. The predicted molar refractivity (Wildman–Crippen MR) is 66.8 cm³/mol. The van der Waals surface area contributed by atoms with Gasteiger partial charge >= 0.3 is 5.97 Å². The summed E-state index contributed by atoms with van der Waals surface area (Å²) in [6, 6.07) is 0.480. The van der Waals surface area contributed by atoms with Crippen molar-refractivity contribution >= 4 is 18.4 Å². The predicted octanol–water partition coefficient (Wildman–Crippen LogP) is 1.17. The normalized spacial score (nSPS) is 21.2. The van der Waals surface area contributed by atoms with E-state index in [-0.39, 0.29) is 18.4 Å². The lowest BCUT2D eigenvalue weighted by molar-refractivity contribution is -0.145. The molecule has 0 spiro atoms. The summed E-state index contributed by atoms with van der Waals surface area (Å²) in [5.74, 6) is -0.110. The number of esters is 1. The number of nitrogens with zero attached hydrogens (tertiary/aromatic N) is 1. The van der Waals surface area contributed by atoms with Crippen LogP contribution in [-0.2, 0) is 9.53 Å². The number of nitrogens with two attached hydrogens (primary N) is 1. The number of halogens is 1. The second kappa shape index (κ2) is 8.79. The van der Waals surface area contributed by atoms with Crippen LogP contribution in [0.1, 0.15) is 32.6 Å². The quantitative estimate of drug-likeness (QED) is 0.745. The van der Waals surface area contributed by atoms with Crippen LogP contribution in [0.3, 0.4) is 0 Å². The molecule has 4 nitrogen and oxygen atoms in total. The molecule has 2 N–H and O–H groups in total. The van der Waals surface area contributed by atoms with Gasteiger partial charge in [0, 0.05) is 6.04 Å². The highest BCUT2D eigenvalue weighted by atomic mass is 35.5. The van der Waals surface area contributed by atoms with E-state index in [1.807, 2.05) is 6.92 Å². The second-order valence-corrected chi connectivity index (χ2v) is 4.00. The number of carbonyl (C=O) groups is 1. The fourth-order valence-corrected chi connectivity index (χ4v) is 2.16. The third-order valence-electron chi connectivity index (χ3n) is 2.89. The first-order valence-corrected chi connectivity index (χ1v) is 5.87. The van der Waals surface area contributed by atoms with Crippen LogP contribution in [0.15, 0.2) is 0 Å². The van der Waals surface area contributed by atoms with Crippen molar-refractivity contribution in [3.63, 3.8) is 0 Å². The van der Waals surface area contributed by atoms with Crippen LogP contribution in [0.5, 0.6) is 0 Å². The van der Waals surface area contributed by atoms with Gasteiger partial charge in [0.25, 0.3) is 0 Å². The molecule has 0 aromatic heterocycles. The van der Waals surface area contributed by atoms with Crippen LogP contribution in [0.4, 0.5) is 0 Å². The number of rotatable bonds is 5. The van der Waals surface area contributed by atoms with E-state index >= 15 is 0 Å². The Morgan fingerprint density at radius 2 is 2.25 bits per heavy atom. The number of likely N-dealkylation sites (tertiary alicyclic amines) is 1. The van der Waals surface area contributed by atoms with Crippen molar-refractivity contribution in [3.05, 3.63) is 0 Å². The van der Waals surface area contributed by atoms with Gasteiger partial charge in [0.15, 0.2) is 0 Å². The van der Waals surface area contributed by atoms with E-state index in [4.69, 9.17) is 10.5 Å². The lowest BCUT2D eigenvalue weighted by Gasteiger charge is -2.34. The van der Waals surface area contributed by atoms with E-state index in [0.717, 1.165) is 19.4 Å². The largest absolute Gasteiger partial charge is 0.465 e. The average Bonchev–Trinajstić information content (AvgIpc) is 2.21. The average molecular weight is 251 g/mol. The van der Waals surface area contributed by atoms with Crippen LogP contribution in [0.25, 0.3) is 0 Å². The number of hydrogen-bond acceptors (Lipinski definition) is 4. The van der Waals surface area contributed by atoms with Gasteiger partial charge in [-0.3, -0.25) is 9.69 Å². The summed E-state index contributed by atoms with van der Waals surface area (Å²) in [6.07, 6.45) is 4.58. The lowest BCUT2D eigenvalue weighted by Crippen LogP contribution is -2.43. The van der Waals surface area contributed by atoms with Gasteiger partial charge in [-0.25, -0.2) is 0 Å². The first-order chi connectivity index (χ1) is 7.27. The van der Waals surface area contributed by atoms with E-state index < -0.39 is 0 Å². The van der Waals surface area contributed by atoms with Gasteiger partial charge in [-0.15, -0.1) is 12.4 Å². The van der Waals surface area contributed by atoms with E-state index in [2.05, 4.69) is 4.90 Å². The maximum Gasteiger partial charge on any atom is 0.320 e. The minimum absolute atomic E-state index is 0. The van der Waals surface area contributed by atoms with Crippen molar-refractivity contribution in [2.24, 2.45) is 5.73 Å². The molecule has 1 fully saturated rings. The number of piperidine rings is 1. The van der Waals surface area contributed by atoms with Gasteiger partial charge in [-0.1, -0.05) is 6.42 Å². The van der Waals surface area contributed by atoms with Gasteiger partial charge in [-0.05, 0) is 39.3 Å². The Labute approximate surface area is 104 Å². The van der Waals surface area contributed by atoms with E-state index in [0.29, 0.717) is 25.7 Å². The molecular formula is C11H23ClN2O2. The fraction of sp³-hybridized carbons (Fsp3) is 0.909. The summed E-state index contributed by atoms with van der Waals surface area (Å²) in [5.41, 5.74) is 5.57. The molecule has 1 aliphatic heterocycles. The van der Waals surface area contributed by atoms with E-state index in [9.17, 15) is 4.79 Å². The fourth-order valence-electron chi connectivity index (χ4n) is 2.16. The molecule has 0 aromatic carbocycles. The summed E-state index contributed by atoms with van der Waals surface area (Å²) >= 11 is 0. The van der Waals surface area contributed by atoms with Crippen LogP contribution >= 0.6 is 12.4 Å². The second-order valence-electron chi connectivity index (χ2n) is 4.00. The maximum atomic E-state index is 11.4. The SMILES string of the molecule is CCOC(=O)CN1CCCCC1CCN.Cl. The van der Waals surface area contributed by atoms with Crippen molar-refractivity contribution in [1.82, 2.24) is 4.90 Å².